The van der Waals surface area contributed by atoms with Crippen LogP contribution in [0, 0.1) is 0 Å². The van der Waals surface area contributed by atoms with Gasteiger partial charge in [-0.05, 0) is 12.1 Å². The van der Waals surface area contributed by atoms with Crippen molar-refractivity contribution in [2.45, 2.75) is 12.5 Å². The number of primary amides is 1. The summed E-state index contributed by atoms with van der Waals surface area (Å²) < 4.78 is 1.48. The van der Waals surface area contributed by atoms with Gasteiger partial charge in [-0.15, -0.1) is 11.3 Å². The lowest BCUT2D eigenvalue weighted by Gasteiger charge is -2.15. The van der Waals surface area contributed by atoms with Crippen molar-refractivity contribution in [3.8, 4) is 5.82 Å². The van der Waals surface area contributed by atoms with E-state index in [-0.39, 0.29) is 12.1 Å². The normalized spacial score (nSPS) is 11.7. The van der Waals surface area contributed by atoms with Crippen molar-refractivity contribution < 1.29 is 14.4 Å². The second-order valence-corrected chi connectivity index (χ2v) is 6.20. The summed E-state index contributed by atoms with van der Waals surface area (Å²) in [6, 6.07) is 4.11. The summed E-state index contributed by atoms with van der Waals surface area (Å²) in [7, 11) is 0. The molecule has 1 unspecified atom stereocenters. The number of carbonyl (C=O) groups excluding carboxylic acids is 3. The molecule has 0 aromatic carbocycles. The molecule has 0 saturated carbocycles. The number of hydrogen-bond donors (Lipinski definition) is 2. The highest BCUT2D eigenvalue weighted by Crippen LogP contribution is 2.11. The lowest BCUT2D eigenvalue weighted by Crippen LogP contribution is -2.47. The van der Waals surface area contributed by atoms with Crippen molar-refractivity contribution in [1.82, 2.24) is 24.8 Å². The summed E-state index contributed by atoms with van der Waals surface area (Å²) in [5.74, 6) is -2.10. The minimum Gasteiger partial charge on any atom is -0.363 e. The molecular formula is C16H14N6O3S. The number of nitrogens with zero attached hydrogens (tertiary/aromatic N) is 4. The lowest BCUT2D eigenvalue weighted by atomic mass is 10.1. The van der Waals surface area contributed by atoms with Crippen molar-refractivity contribution >= 4 is 28.9 Å². The van der Waals surface area contributed by atoms with Gasteiger partial charge in [0, 0.05) is 24.2 Å². The van der Waals surface area contributed by atoms with Crippen LogP contribution in [0.5, 0.6) is 0 Å². The van der Waals surface area contributed by atoms with Crippen molar-refractivity contribution in [3.05, 3.63) is 59.2 Å². The predicted molar refractivity (Wildman–Crippen MR) is 92.6 cm³/mol. The van der Waals surface area contributed by atoms with Gasteiger partial charge in [0.1, 0.15) is 23.9 Å². The van der Waals surface area contributed by atoms with Crippen LogP contribution in [0.1, 0.15) is 15.5 Å². The van der Waals surface area contributed by atoms with Crippen LogP contribution in [0.3, 0.4) is 0 Å². The van der Waals surface area contributed by atoms with Crippen LogP contribution in [0.2, 0.25) is 0 Å². The number of aromatic nitrogens is 4. The zero-order valence-electron chi connectivity index (χ0n) is 13.4. The smallest absolute Gasteiger partial charge is 0.287 e. The Morgan fingerprint density at radius 1 is 1.23 bits per heavy atom. The van der Waals surface area contributed by atoms with Crippen molar-refractivity contribution in [3.63, 3.8) is 0 Å². The minimum atomic E-state index is -1.12. The maximum Gasteiger partial charge on any atom is 0.287 e. The highest BCUT2D eigenvalue weighted by Gasteiger charge is 2.27. The molecule has 0 fully saturated rings. The van der Waals surface area contributed by atoms with E-state index >= 15 is 0 Å². The van der Waals surface area contributed by atoms with E-state index in [1.165, 1.54) is 28.4 Å². The molecule has 2 amide bonds. The highest BCUT2D eigenvalue weighted by molar-refractivity contribution is 7.09. The molecular weight excluding hydrogens is 356 g/mol. The van der Waals surface area contributed by atoms with Gasteiger partial charge in [0.05, 0.1) is 11.2 Å². The summed E-state index contributed by atoms with van der Waals surface area (Å²) in [6.45, 7) is 0. The molecule has 3 heterocycles. The van der Waals surface area contributed by atoms with Crippen LogP contribution >= 0.6 is 11.3 Å². The van der Waals surface area contributed by atoms with E-state index in [4.69, 9.17) is 5.73 Å². The van der Waals surface area contributed by atoms with Gasteiger partial charge >= 0.3 is 0 Å². The molecule has 9 nitrogen and oxygen atoms in total. The summed E-state index contributed by atoms with van der Waals surface area (Å²) in [5.41, 5.74) is 5.27. The van der Waals surface area contributed by atoms with Crippen molar-refractivity contribution in [2.24, 2.45) is 5.73 Å². The third kappa shape index (κ3) is 3.81. The minimum absolute atomic E-state index is 0.0723. The Balaban J connectivity index is 1.83. The molecule has 3 aromatic rings. The third-order valence-corrected chi connectivity index (χ3v) is 4.30. The predicted octanol–water partition coefficient (Wildman–Crippen LogP) is 0.119. The monoisotopic (exact) mass is 370 g/mol. The molecule has 1 atom stereocenters. The van der Waals surface area contributed by atoms with Crippen LogP contribution in [-0.2, 0) is 16.0 Å². The first-order chi connectivity index (χ1) is 12.6. The van der Waals surface area contributed by atoms with Crippen LogP contribution < -0.4 is 11.1 Å². The van der Waals surface area contributed by atoms with Gasteiger partial charge in [-0.25, -0.2) is 15.0 Å². The van der Waals surface area contributed by atoms with E-state index in [2.05, 4.69) is 20.3 Å². The number of hydrogen-bond acceptors (Lipinski definition) is 7. The van der Waals surface area contributed by atoms with E-state index < -0.39 is 23.6 Å². The quantitative estimate of drug-likeness (QED) is 0.568. The van der Waals surface area contributed by atoms with Crippen LogP contribution in [0.15, 0.2) is 48.5 Å². The van der Waals surface area contributed by atoms with Crippen LogP contribution in [-0.4, -0.2) is 43.2 Å². The highest BCUT2D eigenvalue weighted by atomic mass is 32.1. The first-order valence-corrected chi connectivity index (χ1v) is 8.41. The number of pyridine rings is 1. The first-order valence-electron chi connectivity index (χ1n) is 7.53. The maximum absolute atomic E-state index is 12.6. The topological polar surface area (TPSA) is 133 Å². The maximum atomic E-state index is 12.6. The van der Waals surface area contributed by atoms with E-state index in [1.54, 1.807) is 36.0 Å². The molecule has 0 bridgehead atoms. The first kappa shape index (κ1) is 17.4. The number of thiazole rings is 1. The fourth-order valence-corrected chi connectivity index (χ4v) is 2.95. The number of rotatable bonds is 7. The molecule has 0 aliphatic rings. The number of Topliss-reactive ketones (excluding diaryl/α,β-unsaturated/α-hetero) is 1. The molecule has 0 aliphatic heterocycles. The van der Waals surface area contributed by atoms with Gasteiger partial charge in [-0.1, -0.05) is 6.07 Å². The Bertz CT molecular complexity index is 923. The lowest BCUT2D eigenvalue weighted by molar-refractivity contribution is -0.137. The molecule has 10 heteroatoms. The number of carbonyl (C=O) groups is 3. The second kappa shape index (κ2) is 7.66. The molecule has 0 saturated heterocycles. The molecule has 3 rings (SSSR count). The fraction of sp³-hybridized carbons (Fsp3) is 0.125. The van der Waals surface area contributed by atoms with Crippen molar-refractivity contribution in [2.75, 3.05) is 0 Å². The summed E-state index contributed by atoms with van der Waals surface area (Å²) in [6.07, 6.45) is 6.01. The number of nitrogens with two attached hydrogens (primary N) is 1. The molecule has 132 valence electrons. The third-order valence-electron chi connectivity index (χ3n) is 3.49. The zero-order valence-corrected chi connectivity index (χ0v) is 14.2. The Hall–Kier alpha value is -3.40. The largest absolute Gasteiger partial charge is 0.363 e. The van der Waals surface area contributed by atoms with Gasteiger partial charge in [0.15, 0.2) is 0 Å². The van der Waals surface area contributed by atoms with E-state index in [1.807, 2.05) is 0 Å². The van der Waals surface area contributed by atoms with Gasteiger partial charge in [0.25, 0.3) is 11.8 Å². The summed E-state index contributed by atoms with van der Waals surface area (Å²) in [5, 5.41) is 4.87. The van der Waals surface area contributed by atoms with Crippen molar-refractivity contribution in [1.29, 1.82) is 0 Å². The van der Waals surface area contributed by atoms with Crippen LogP contribution in [0.25, 0.3) is 5.82 Å². The molecule has 0 aliphatic carbocycles. The molecule has 3 aromatic heterocycles. The van der Waals surface area contributed by atoms with Gasteiger partial charge in [0.2, 0.25) is 5.78 Å². The van der Waals surface area contributed by atoms with Gasteiger partial charge in [-0.2, -0.15) is 0 Å². The zero-order chi connectivity index (χ0) is 18.5. The molecule has 26 heavy (non-hydrogen) atoms. The van der Waals surface area contributed by atoms with E-state index in [9.17, 15) is 14.4 Å². The molecule has 3 N–H and O–H groups in total. The summed E-state index contributed by atoms with van der Waals surface area (Å²) in [4.78, 5) is 48.2. The SMILES string of the molecule is NC(=O)C(=O)C(Cc1nccs1)NC(=O)c1cncn1-c1ccccn1. The van der Waals surface area contributed by atoms with Gasteiger partial charge < -0.3 is 11.1 Å². The Morgan fingerprint density at radius 2 is 2.08 bits per heavy atom. The number of amides is 2. The Morgan fingerprint density at radius 3 is 2.73 bits per heavy atom. The van der Waals surface area contributed by atoms with Gasteiger partial charge in [-0.3, -0.25) is 19.0 Å². The van der Waals surface area contributed by atoms with E-state index in [0.717, 1.165) is 0 Å². The Kier molecular flexibility index (Phi) is 5.13. The van der Waals surface area contributed by atoms with E-state index in [0.29, 0.717) is 10.8 Å². The summed E-state index contributed by atoms with van der Waals surface area (Å²) >= 11 is 1.31. The number of ketones is 1. The molecule has 0 spiro atoms. The molecule has 0 radical (unpaired) electrons. The second-order valence-electron chi connectivity index (χ2n) is 5.22. The standard InChI is InChI=1S/C16H14N6O3S/c17-15(24)14(23)10(7-13-20-5-6-26-13)21-16(25)11-8-18-9-22(11)12-3-1-2-4-19-12/h1-6,8-10H,7H2,(H2,17,24)(H,21,25). The number of imidazole rings is 1. The number of nitrogens with one attached hydrogen (secondary N) is 1. The average Bonchev–Trinajstić information content (AvgIpc) is 3.32. The Labute approximate surface area is 151 Å². The van der Waals surface area contributed by atoms with Crippen LogP contribution in [0.4, 0.5) is 0 Å². The fourth-order valence-electron chi connectivity index (χ4n) is 2.28. The average molecular weight is 370 g/mol.